The first-order valence-electron chi connectivity index (χ1n) is 5.98. The van der Waals surface area contributed by atoms with E-state index in [0.29, 0.717) is 0 Å². The highest BCUT2D eigenvalue weighted by molar-refractivity contribution is 5.96. The van der Waals surface area contributed by atoms with Gasteiger partial charge < -0.3 is 15.7 Å². The number of amides is 1. The van der Waals surface area contributed by atoms with Gasteiger partial charge in [-0.25, -0.2) is 0 Å². The van der Waals surface area contributed by atoms with E-state index in [9.17, 15) is 20.0 Å². The fourth-order valence-electron chi connectivity index (χ4n) is 1.92. The van der Waals surface area contributed by atoms with Crippen molar-refractivity contribution in [1.29, 1.82) is 0 Å². The molecule has 0 bridgehead atoms. The molecule has 1 aliphatic rings. The third-order valence-corrected chi connectivity index (χ3v) is 3.40. The highest BCUT2D eigenvalue weighted by atomic mass is 16.6. The van der Waals surface area contributed by atoms with Crippen molar-refractivity contribution in [3.63, 3.8) is 0 Å². The largest absolute Gasteiger partial charge is 0.505 e. The molecule has 1 heterocycles. The highest BCUT2D eigenvalue weighted by Gasteiger charge is 2.30. The zero-order chi connectivity index (χ0) is 14.0. The van der Waals surface area contributed by atoms with Gasteiger partial charge >= 0.3 is 0 Å². The molecule has 0 saturated carbocycles. The number of carbonyl (C=O) groups is 1. The average Bonchev–Trinajstić information content (AvgIpc) is 2.28. The quantitative estimate of drug-likeness (QED) is 0.429. The van der Waals surface area contributed by atoms with E-state index in [2.05, 4.69) is 10.6 Å². The smallest absolute Gasteiger partial charge is 0.296 e. The molecule has 1 atom stereocenters. The number of carbonyl (C=O) groups excluding carboxylic acids is 1. The van der Waals surface area contributed by atoms with Gasteiger partial charge in [-0.05, 0) is 25.1 Å². The molecule has 0 radical (unpaired) electrons. The number of nitrogens with one attached hydrogen (secondary N) is 2. The van der Waals surface area contributed by atoms with Crippen LogP contribution in [-0.2, 0) is 4.79 Å². The summed E-state index contributed by atoms with van der Waals surface area (Å²) in [5.41, 5.74) is -0.455. The van der Waals surface area contributed by atoms with Crippen LogP contribution < -0.4 is 10.6 Å². The van der Waals surface area contributed by atoms with Crippen LogP contribution in [0.15, 0.2) is 18.2 Å². The summed E-state index contributed by atoms with van der Waals surface area (Å²) in [7, 11) is 0. The molecule has 7 nitrogen and oxygen atoms in total. The van der Waals surface area contributed by atoms with Crippen LogP contribution in [0.5, 0.6) is 5.75 Å². The van der Waals surface area contributed by atoms with Gasteiger partial charge in [0.15, 0.2) is 5.69 Å². The molecular weight excluding hydrogens is 250 g/mol. The van der Waals surface area contributed by atoms with Crippen LogP contribution in [0.1, 0.15) is 6.92 Å². The molecule has 3 N–H and O–H groups in total. The predicted molar refractivity (Wildman–Crippen MR) is 68.9 cm³/mol. The van der Waals surface area contributed by atoms with Crippen molar-refractivity contribution in [2.45, 2.75) is 6.92 Å². The molecule has 0 aromatic heterocycles. The van der Waals surface area contributed by atoms with Crippen molar-refractivity contribution >= 4 is 17.3 Å². The molecule has 2 rings (SSSR count). The monoisotopic (exact) mass is 265 g/mol. The van der Waals surface area contributed by atoms with Gasteiger partial charge in [-0.2, -0.15) is 0 Å². The Kier molecular flexibility index (Phi) is 3.66. The molecule has 0 aliphatic carbocycles. The summed E-state index contributed by atoms with van der Waals surface area (Å²) < 4.78 is 0. The predicted octanol–water partition coefficient (Wildman–Crippen LogP) is 1.09. The number of hydrogen-bond acceptors (Lipinski definition) is 5. The Morgan fingerprint density at radius 3 is 2.79 bits per heavy atom. The van der Waals surface area contributed by atoms with E-state index in [1.807, 2.05) is 0 Å². The summed E-state index contributed by atoms with van der Waals surface area (Å²) in [5.74, 6) is -0.664. The van der Waals surface area contributed by atoms with Crippen molar-refractivity contribution in [2.24, 2.45) is 11.8 Å². The summed E-state index contributed by atoms with van der Waals surface area (Å²) in [6.45, 7) is 3.29. The van der Waals surface area contributed by atoms with E-state index >= 15 is 0 Å². The number of nitro groups is 1. The van der Waals surface area contributed by atoms with Crippen molar-refractivity contribution in [3.8, 4) is 5.75 Å². The first kappa shape index (κ1) is 13.3. The molecule has 1 fully saturated rings. The number of rotatable bonds is 4. The second-order valence-electron chi connectivity index (χ2n) is 4.62. The Balaban J connectivity index is 2.18. The summed E-state index contributed by atoms with van der Waals surface area (Å²) in [4.78, 5) is 22.2. The van der Waals surface area contributed by atoms with E-state index in [0.717, 1.165) is 13.1 Å². The standard InChI is InChI=1S/C12H15N3O4/c1-7(8-5-13-6-8)12(17)14-11-9(15(18)19)3-2-4-10(11)16/h2-4,7-8,13,16H,5-6H2,1H3,(H,14,17). The fourth-order valence-corrected chi connectivity index (χ4v) is 1.92. The summed E-state index contributed by atoms with van der Waals surface area (Å²) in [6, 6.07) is 3.91. The Bertz CT molecular complexity index is 514. The lowest BCUT2D eigenvalue weighted by atomic mass is 9.88. The second kappa shape index (κ2) is 5.23. The lowest BCUT2D eigenvalue weighted by Crippen LogP contribution is -2.48. The SMILES string of the molecule is CC(C(=O)Nc1c(O)cccc1[N+](=O)[O-])C1CNC1. The van der Waals surface area contributed by atoms with Crippen molar-refractivity contribution in [3.05, 3.63) is 28.3 Å². The lowest BCUT2D eigenvalue weighted by Gasteiger charge is -2.31. The maximum Gasteiger partial charge on any atom is 0.296 e. The minimum atomic E-state index is -0.634. The molecule has 1 amide bonds. The fraction of sp³-hybridized carbons (Fsp3) is 0.417. The average molecular weight is 265 g/mol. The van der Waals surface area contributed by atoms with Crippen molar-refractivity contribution < 1.29 is 14.8 Å². The molecule has 102 valence electrons. The number of nitrogens with zero attached hydrogens (tertiary/aromatic N) is 1. The molecule has 1 aromatic rings. The molecule has 1 saturated heterocycles. The molecule has 1 aliphatic heterocycles. The number of para-hydroxylation sites is 1. The Labute approximate surface area is 109 Å². The van der Waals surface area contributed by atoms with Crippen LogP contribution in [0.2, 0.25) is 0 Å². The van der Waals surface area contributed by atoms with Gasteiger partial charge in [0, 0.05) is 12.0 Å². The van der Waals surface area contributed by atoms with Gasteiger partial charge in [0.1, 0.15) is 5.75 Å². The number of phenols is 1. The number of benzene rings is 1. The Morgan fingerprint density at radius 1 is 1.58 bits per heavy atom. The molecule has 1 aromatic carbocycles. The number of anilines is 1. The lowest BCUT2D eigenvalue weighted by molar-refractivity contribution is -0.384. The van der Waals surface area contributed by atoms with Gasteiger partial charge in [0.2, 0.25) is 5.91 Å². The number of nitro benzene ring substituents is 1. The maximum atomic E-state index is 12.0. The van der Waals surface area contributed by atoms with Crippen molar-refractivity contribution in [1.82, 2.24) is 5.32 Å². The summed E-state index contributed by atoms with van der Waals surface area (Å²) in [5, 5.41) is 26.0. The van der Waals surface area contributed by atoms with Crippen LogP contribution in [0.4, 0.5) is 11.4 Å². The minimum Gasteiger partial charge on any atom is -0.505 e. The Hall–Kier alpha value is -2.15. The van der Waals surface area contributed by atoms with E-state index in [4.69, 9.17) is 0 Å². The molecule has 0 spiro atoms. The summed E-state index contributed by atoms with van der Waals surface area (Å²) >= 11 is 0. The number of phenolic OH excluding ortho intramolecular Hbond substituents is 1. The van der Waals surface area contributed by atoms with Gasteiger partial charge in [-0.15, -0.1) is 0 Å². The van der Waals surface area contributed by atoms with Crippen LogP contribution in [0.3, 0.4) is 0 Å². The number of hydrogen-bond donors (Lipinski definition) is 3. The second-order valence-corrected chi connectivity index (χ2v) is 4.62. The third kappa shape index (κ3) is 2.65. The van der Waals surface area contributed by atoms with Gasteiger partial charge in [-0.3, -0.25) is 14.9 Å². The van der Waals surface area contributed by atoms with Crippen LogP contribution >= 0.6 is 0 Å². The molecular formula is C12H15N3O4. The molecule has 19 heavy (non-hydrogen) atoms. The van der Waals surface area contributed by atoms with Gasteiger partial charge in [0.05, 0.1) is 4.92 Å². The number of aromatic hydroxyl groups is 1. The van der Waals surface area contributed by atoms with Crippen LogP contribution in [0, 0.1) is 22.0 Å². The summed E-state index contributed by atoms with van der Waals surface area (Å²) in [6.07, 6.45) is 0. The van der Waals surface area contributed by atoms with E-state index < -0.39 is 4.92 Å². The topological polar surface area (TPSA) is 104 Å². The first-order chi connectivity index (χ1) is 9.00. The molecule has 7 heteroatoms. The minimum absolute atomic E-state index is 0.142. The van der Waals surface area contributed by atoms with E-state index in [1.54, 1.807) is 6.92 Å². The molecule has 1 unspecified atom stereocenters. The first-order valence-corrected chi connectivity index (χ1v) is 5.98. The van der Waals surface area contributed by atoms with E-state index in [1.165, 1.54) is 18.2 Å². The normalized spacial score (nSPS) is 16.5. The van der Waals surface area contributed by atoms with Crippen molar-refractivity contribution in [2.75, 3.05) is 18.4 Å². The van der Waals surface area contributed by atoms with Gasteiger partial charge in [0.25, 0.3) is 5.69 Å². The zero-order valence-electron chi connectivity index (χ0n) is 10.4. The maximum absolute atomic E-state index is 12.0. The van der Waals surface area contributed by atoms with Crippen LogP contribution in [0.25, 0.3) is 0 Å². The highest BCUT2D eigenvalue weighted by Crippen LogP contribution is 2.33. The van der Waals surface area contributed by atoms with Gasteiger partial charge in [-0.1, -0.05) is 13.0 Å². The van der Waals surface area contributed by atoms with Crippen LogP contribution in [-0.4, -0.2) is 29.0 Å². The Morgan fingerprint density at radius 2 is 2.26 bits per heavy atom. The van der Waals surface area contributed by atoms with E-state index in [-0.39, 0.29) is 34.9 Å². The third-order valence-electron chi connectivity index (χ3n) is 3.40. The zero-order valence-corrected chi connectivity index (χ0v) is 10.4.